The molecule has 1 saturated heterocycles. The summed E-state index contributed by atoms with van der Waals surface area (Å²) in [7, 11) is 0. The summed E-state index contributed by atoms with van der Waals surface area (Å²) >= 11 is 0. The highest BCUT2D eigenvalue weighted by molar-refractivity contribution is 5.86. The minimum Gasteiger partial charge on any atom is -0.483 e. The second kappa shape index (κ2) is 7.35. The van der Waals surface area contributed by atoms with Crippen molar-refractivity contribution in [3.05, 3.63) is 71.7 Å². The summed E-state index contributed by atoms with van der Waals surface area (Å²) in [5, 5.41) is 0.896. The molecule has 0 aliphatic carbocycles. The fraction of sp³-hybridized carbons (Fsp3) is 0.273. The number of hydrogen-bond donors (Lipinski definition) is 0. The topological polar surface area (TPSA) is 42.4 Å². The van der Waals surface area contributed by atoms with E-state index in [1.807, 2.05) is 30.0 Å². The number of ether oxygens (including phenoxy) is 1. The minimum absolute atomic E-state index is 0.0152. The summed E-state index contributed by atoms with van der Waals surface area (Å²) in [4.78, 5) is 19.0. The second-order valence-electron chi connectivity index (χ2n) is 6.92. The Balaban J connectivity index is 1.48. The van der Waals surface area contributed by atoms with Crippen LogP contribution in [0.2, 0.25) is 0 Å². The maximum atomic E-state index is 13.2. The van der Waals surface area contributed by atoms with Gasteiger partial charge in [-0.3, -0.25) is 9.78 Å². The van der Waals surface area contributed by atoms with Crippen molar-refractivity contribution in [2.24, 2.45) is 0 Å². The third-order valence-electron chi connectivity index (χ3n) is 5.04. The van der Waals surface area contributed by atoms with Gasteiger partial charge in [0, 0.05) is 18.1 Å². The van der Waals surface area contributed by atoms with Crippen LogP contribution in [0.25, 0.3) is 10.9 Å². The Hall–Kier alpha value is -2.95. The average Bonchev–Trinajstić information content (AvgIpc) is 3.16. The van der Waals surface area contributed by atoms with Gasteiger partial charge in [0.1, 0.15) is 11.6 Å². The van der Waals surface area contributed by atoms with E-state index in [0.717, 1.165) is 34.9 Å². The van der Waals surface area contributed by atoms with E-state index in [4.69, 9.17) is 4.74 Å². The number of hydrogen-bond acceptors (Lipinski definition) is 3. The van der Waals surface area contributed by atoms with Gasteiger partial charge in [0.25, 0.3) is 5.91 Å². The van der Waals surface area contributed by atoms with E-state index in [1.54, 1.807) is 24.4 Å². The first-order valence-electron chi connectivity index (χ1n) is 9.15. The SMILES string of the molecule is Cc1ccc2c(OCC(=O)N3CCCC3c3ccc(F)cc3)ccnc2c1. The molecular formula is C22H21FN2O2. The lowest BCUT2D eigenvalue weighted by molar-refractivity contribution is -0.134. The van der Waals surface area contributed by atoms with Crippen LogP contribution in [0.3, 0.4) is 0 Å². The molecule has 1 fully saturated rings. The van der Waals surface area contributed by atoms with Gasteiger partial charge in [-0.15, -0.1) is 0 Å². The number of aromatic nitrogens is 1. The molecule has 0 N–H and O–H groups in total. The summed E-state index contributed by atoms with van der Waals surface area (Å²) in [5.41, 5.74) is 2.94. The van der Waals surface area contributed by atoms with Gasteiger partial charge < -0.3 is 9.64 Å². The number of amides is 1. The van der Waals surface area contributed by atoms with Gasteiger partial charge in [-0.25, -0.2) is 4.39 Å². The van der Waals surface area contributed by atoms with Gasteiger partial charge in [-0.1, -0.05) is 18.2 Å². The minimum atomic E-state index is -0.266. The highest BCUT2D eigenvalue weighted by atomic mass is 19.1. The van der Waals surface area contributed by atoms with Gasteiger partial charge in [-0.2, -0.15) is 0 Å². The maximum Gasteiger partial charge on any atom is 0.261 e. The Morgan fingerprint density at radius 2 is 2.04 bits per heavy atom. The maximum absolute atomic E-state index is 13.2. The first kappa shape index (κ1) is 17.5. The van der Waals surface area contributed by atoms with Gasteiger partial charge in [0.2, 0.25) is 0 Å². The molecular weight excluding hydrogens is 343 g/mol. The number of rotatable bonds is 4. The molecule has 1 unspecified atom stereocenters. The van der Waals surface area contributed by atoms with Crippen molar-refractivity contribution in [3.63, 3.8) is 0 Å². The Morgan fingerprint density at radius 3 is 2.85 bits per heavy atom. The molecule has 1 aliphatic heterocycles. The van der Waals surface area contributed by atoms with Crippen molar-refractivity contribution in [2.75, 3.05) is 13.2 Å². The Labute approximate surface area is 157 Å². The Morgan fingerprint density at radius 1 is 1.22 bits per heavy atom. The van der Waals surface area contributed by atoms with Crippen molar-refractivity contribution >= 4 is 16.8 Å². The van der Waals surface area contributed by atoms with E-state index >= 15 is 0 Å². The first-order valence-corrected chi connectivity index (χ1v) is 9.15. The number of nitrogens with zero attached hydrogens (tertiary/aromatic N) is 2. The van der Waals surface area contributed by atoms with E-state index < -0.39 is 0 Å². The molecule has 1 amide bonds. The monoisotopic (exact) mass is 364 g/mol. The summed E-state index contributed by atoms with van der Waals surface area (Å²) in [6.07, 6.45) is 3.51. The van der Waals surface area contributed by atoms with Crippen molar-refractivity contribution < 1.29 is 13.9 Å². The highest BCUT2D eigenvalue weighted by Crippen LogP contribution is 2.32. The van der Waals surface area contributed by atoms with Crippen LogP contribution in [0, 0.1) is 12.7 Å². The molecule has 0 radical (unpaired) electrons. The molecule has 0 bridgehead atoms. The molecule has 2 aromatic carbocycles. The molecule has 5 heteroatoms. The molecule has 1 aliphatic rings. The molecule has 0 spiro atoms. The number of likely N-dealkylation sites (tertiary alicyclic amines) is 1. The van der Waals surface area contributed by atoms with Crippen LogP contribution >= 0.6 is 0 Å². The van der Waals surface area contributed by atoms with Crippen LogP contribution in [0.1, 0.15) is 30.0 Å². The number of halogens is 1. The van der Waals surface area contributed by atoms with E-state index in [0.29, 0.717) is 12.3 Å². The molecule has 0 saturated carbocycles. The van der Waals surface area contributed by atoms with Crippen LogP contribution in [0.15, 0.2) is 54.7 Å². The Bertz CT molecular complexity index is 972. The van der Waals surface area contributed by atoms with Gasteiger partial charge >= 0.3 is 0 Å². The predicted octanol–water partition coefficient (Wildman–Crippen LogP) is 4.42. The summed E-state index contributed by atoms with van der Waals surface area (Å²) in [5.74, 6) is 0.336. The fourth-order valence-electron chi connectivity index (χ4n) is 3.68. The quantitative estimate of drug-likeness (QED) is 0.688. The van der Waals surface area contributed by atoms with Crippen LogP contribution < -0.4 is 4.74 Å². The molecule has 4 rings (SSSR count). The molecule has 27 heavy (non-hydrogen) atoms. The third kappa shape index (κ3) is 3.63. The zero-order valence-corrected chi connectivity index (χ0v) is 15.2. The Kier molecular flexibility index (Phi) is 4.75. The summed E-state index contributed by atoms with van der Waals surface area (Å²) in [6, 6.07) is 14.1. The normalized spacial score (nSPS) is 16.7. The largest absolute Gasteiger partial charge is 0.483 e. The highest BCUT2D eigenvalue weighted by Gasteiger charge is 2.30. The lowest BCUT2D eigenvalue weighted by Gasteiger charge is -2.25. The van der Waals surface area contributed by atoms with Crippen LogP contribution in [-0.2, 0) is 4.79 Å². The average molecular weight is 364 g/mol. The molecule has 1 atom stereocenters. The third-order valence-corrected chi connectivity index (χ3v) is 5.04. The number of carbonyl (C=O) groups is 1. The zero-order valence-electron chi connectivity index (χ0n) is 15.2. The standard InChI is InChI=1S/C22H21FN2O2/c1-15-4-9-18-19(13-15)24-11-10-21(18)27-14-22(26)25-12-2-3-20(25)16-5-7-17(23)8-6-16/h4-11,13,20H,2-3,12,14H2,1H3. The van der Waals surface area contributed by atoms with Crippen molar-refractivity contribution in [1.29, 1.82) is 0 Å². The smallest absolute Gasteiger partial charge is 0.261 e. The van der Waals surface area contributed by atoms with E-state index in [9.17, 15) is 9.18 Å². The number of fused-ring (bicyclic) bond motifs is 1. The van der Waals surface area contributed by atoms with Crippen LogP contribution in [0.5, 0.6) is 5.75 Å². The van der Waals surface area contributed by atoms with Crippen LogP contribution in [0.4, 0.5) is 4.39 Å². The summed E-state index contributed by atoms with van der Waals surface area (Å²) in [6.45, 7) is 2.69. The van der Waals surface area contributed by atoms with E-state index in [-0.39, 0.29) is 24.4 Å². The molecule has 3 aromatic rings. The molecule has 4 nitrogen and oxygen atoms in total. The molecule has 138 valence electrons. The molecule has 1 aromatic heterocycles. The van der Waals surface area contributed by atoms with Gasteiger partial charge in [0.15, 0.2) is 6.61 Å². The number of carbonyl (C=O) groups excluding carboxylic acids is 1. The summed E-state index contributed by atoms with van der Waals surface area (Å²) < 4.78 is 19.0. The molecule has 2 heterocycles. The van der Waals surface area contributed by atoms with Gasteiger partial charge in [-0.05, 0) is 61.2 Å². The van der Waals surface area contributed by atoms with Crippen molar-refractivity contribution in [2.45, 2.75) is 25.8 Å². The number of pyridine rings is 1. The second-order valence-corrected chi connectivity index (χ2v) is 6.92. The van der Waals surface area contributed by atoms with Crippen LogP contribution in [-0.4, -0.2) is 28.9 Å². The fourth-order valence-corrected chi connectivity index (χ4v) is 3.68. The first-order chi connectivity index (χ1) is 13.1. The van der Waals surface area contributed by atoms with Crippen molar-refractivity contribution in [1.82, 2.24) is 9.88 Å². The number of benzene rings is 2. The zero-order chi connectivity index (χ0) is 18.8. The van der Waals surface area contributed by atoms with E-state index in [1.165, 1.54) is 12.1 Å². The predicted molar refractivity (Wildman–Crippen MR) is 102 cm³/mol. The lowest BCUT2D eigenvalue weighted by Crippen LogP contribution is -2.34. The number of aryl methyl sites for hydroxylation is 1. The lowest BCUT2D eigenvalue weighted by atomic mass is 10.0. The van der Waals surface area contributed by atoms with E-state index in [2.05, 4.69) is 4.98 Å². The van der Waals surface area contributed by atoms with Crippen molar-refractivity contribution in [3.8, 4) is 5.75 Å². The van der Waals surface area contributed by atoms with Gasteiger partial charge in [0.05, 0.1) is 11.6 Å².